The van der Waals surface area contributed by atoms with E-state index in [0.29, 0.717) is 11.0 Å². The van der Waals surface area contributed by atoms with Crippen molar-refractivity contribution in [2.45, 2.75) is 18.7 Å². The minimum Gasteiger partial charge on any atom is -0.475 e. The van der Waals surface area contributed by atoms with E-state index >= 15 is 0 Å². The Labute approximate surface area is 176 Å². The highest BCUT2D eigenvalue weighted by Crippen LogP contribution is 2.33. The molecule has 0 bridgehead atoms. The van der Waals surface area contributed by atoms with Gasteiger partial charge < -0.3 is 9.52 Å². The topological polar surface area (TPSA) is 131 Å². The molecule has 0 radical (unpaired) electrons. The molecule has 11 heteroatoms. The van der Waals surface area contributed by atoms with Gasteiger partial charge in [-0.25, -0.2) is 13.2 Å². The highest BCUT2D eigenvalue weighted by Gasteiger charge is 2.29. The molecule has 1 heterocycles. The standard InChI is InChI=1S/C19H17ClN2O7S/c1-11(2)10-21(13-3-6-17-12(7-13)8-18(29-17)19(23)24)30(27,28)14-4-5-15(20)16(9-14)22(25)26/h3-9,11H,10H2,1-2H3,(H,23,24). The Morgan fingerprint density at radius 1 is 1.23 bits per heavy atom. The summed E-state index contributed by atoms with van der Waals surface area (Å²) >= 11 is 5.81. The molecular weight excluding hydrogens is 436 g/mol. The largest absolute Gasteiger partial charge is 0.475 e. The number of hydrogen-bond acceptors (Lipinski definition) is 6. The van der Waals surface area contributed by atoms with Gasteiger partial charge in [0, 0.05) is 18.0 Å². The zero-order valence-corrected chi connectivity index (χ0v) is 17.5. The lowest BCUT2D eigenvalue weighted by Gasteiger charge is -2.26. The molecule has 0 aliphatic heterocycles. The summed E-state index contributed by atoms with van der Waals surface area (Å²) in [4.78, 5) is 21.3. The first-order valence-corrected chi connectivity index (χ1v) is 10.6. The van der Waals surface area contributed by atoms with Crippen LogP contribution in [0.5, 0.6) is 0 Å². The average molecular weight is 453 g/mol. The quantitative estimate of drug-likeness (QED) is 0.411. The number of carboxylic acids is 1. The normalized spacial score (nSPS) is 11.7. The van der Waals surface area contributed by atoms with E-state index in [-0.39, 0.29) is 33.8 Å². The van der Waals surface area contributed by atoms with E-state index in [0.717, 1.165) is 10.4 Å². The third kappa shape index (κ3) is 4.10. The molecule has 2 aromatic carbocycles. The van der Waals surface area contributed by atoms with E-state index < -0.39 is 26.6 Å². The second-order valence-electron chi connectivity index (χ2n) is 6.94. The maximum atomic E-state index is 13.3. The van der Waals surface area contributed by atoms with E-state index in [4.69, 9.17) is 21.1 Å². The van der Waals surface area contributed by atoms with Crippen LogP contribution >= 0.6 is 11.6 Å². The highest BCUT2D eigenvalue weighted by molar-refractivity contribution is 7.92. The van der Waals surface area contributed by atoms with Crippen LogP contribution < -0.4 is 4.31 Å². The molecule has 3 aromatic rings. The van der Waals surface area contributed by atoms with Crippen molar-refractivity contribution in [3.05, 3.63) is 63.4 Å². The molecule has 0 aliphatic carbocycles. The van der Waals surface area contributed by atoms with Gasteiger partial charge in [-0.2, -0.15) is 0 Å². The van der Waals surface area contributed by atoms with Crippen molar-refractivity contribution in [3.63, 3.8) is 0 Å². The lowest BCUT2D eigenvalue weighted by Crippen LogP contribution is -2.34. The summed E-state index contributed by atoms with van der Waals surface area (Å²) in [5.41, 5.74) is 0.0466. The smallest absolute Gasteiger partial charge is 0.371 e. The maximum absolute atomic E-state index is 13.3. The number of carboxylic acid groups (broad SMARTS) is 1. The van der Waals surface area contributed by atoms with Gasteiger partial charge in [0.25, 0.3) is 15.7 Å². The van der Waals surface area contributed by atoms with Crippen LogP contribution in [0.3, 0.4) is 0 Å². The van der Waals surface area contributed by atoms with Crippen molar-refractivity contribution >= 4 is 49.9 Å². The number of carbonyl (C=O) groups is 1. The van der Waals surface area contributed by atoms with Crippen LogP contribution in [0.15, 0.2) is 51.8 Å². The SMILES string of the molecule is CC(C)CN(c1ccc2oc(C(=O)O)cc2c1)S(=O)(=O)c1ccc(Cl)c([N+](=O)[O-])c1. The minimum atomic E-state index is -4.18. The van der Waals surface area contributed by atoms with Crippen LogP contribution in [-0.4, -0.2) is 31.0 Å². The van der Waals surface area contributed by atoms with Gasteiger partial charge in [0.05, 0.1) is 15.5 Å². The number of sulfonamides is 1. The van der Waals surface area contributed by atoms with E-state index in [1.165, 1.54) is 36.4 Å². The van der Waals surface area contributed by atoms with Crippen LogP contribution in [-0.2, 0) is 10.0 Å². The number of halogens is 1. The van der Waals surface area contributed by atoms with Crippen LogP contribution in [0.1, 0.15) is 24.4 Å². The fourth-order valence-electron chi connectivity index (χ4n) is 2.89. The summed E-state index contributed by atoms with van der Waals surface area (Å²) in [6.07, 6.45) is 0. The number of nitro groups is 1. The van der Waals surface area contributed by atoms with E-state index in [1.54, 1.807) is 0 Å². The van der Waals surface area contributed by atoms with Gasteiger partial charge in [-0.15, -0.1) is 0 Å². The zero-order chi connectivity index (χ0) is 22.2. The van der Waals surface area contributed by atoms with Crippen molar-refractivity contribution in [2.24, 2.45) is 5.92 Å². The molecule has 158 valence electrons. The van der Waals surface area contributed by atoms with Gasteiger partial charge in [0.1, 0.15) is 10.6 Å². The van der Waals surface area contributed by atoms with Crippen LogP contribution in [0, 0.1) is 16.0 Å². The van der Waals surface area contributed by atoms with Gasteiger partial charge in [0.2, 0.25) is 5.76 Å². The van der Waals surface area contributed by atoms with Crippen LogP contribution in [0.25, 0.3) is 11.0 Å². The Morgan fingerprint density at radius 3 is 2.53 bits per heavy atom. The predicted octanol–water partition coefficient (Wildman–Crippen LogP) is 4.54. The first-order chi connectivity index (χ1) is 14.0. The molecule has 1 N–H and O–H groups in total. The molecule has 0 unspecified atom stereocenters. The summed E-state index contributed by atoms with van der Waals surface area (Å²) < 4.78 is 33.0. The van der Waals surface area contributed by atoms with E-state index in [9.17, 15) is 23.3 Å². The predicted molar refractivity (Wildman–Crippen MR) is 111 cm³/mol. The second-order valence-corrected chi connectivity index (χ2v) is 9.21. The fraction of sp³-hybridized carbons (Fsp3) is 0.211. The number of rotatable bonds is 7. The first-order valence-electron chi connectivity index (χ1n) is 8.74. The van der Waals surface area contributed by atoms with Crippen molar-refractivity contribution in [1.82, 2.24) is 0 Å². The monoisotopic (exact) mass is 452 g/mol. The maximum Gasteiger partial charge on any atom is 0.371 e. The summed E-state index contributed by atoms with van der Waals surface area (Å²) in [6.45, 7) is 3.74. The van der Waals surface area contributed by atoms with E-state index in [2.05, 4.69) is 0 Å². The van der Waals surface area contributed by atoms with Gasteiger partial charge in [-0.1, -0.05) is 25.4 Å². The average Bonchev–Trinajstić information content (AvgIpc) is 3.09. The number of hydrogen-bond donors (Lipinski definition) is 1. The lowest BCUT2D eigenvalue weighted by atomic mass is 10.2. The molecule has 0 aliphatic rings. The summed E-state index contributed by atoms with van der Waals surface area (Å²) in [5, 5.41) is 20.5. The first kappa shape index (κ1) is 21.6. The van der Waals surface area contributed by atoms with Crippen molar-refractivity contribution in [2.75, 3.05) is 10.8 Å². The Morgan fingerprint density at radius 2 is 1.93 bits per heavy atom. The minimum absolute atomic E-state index is 0.0725. The third-order valence-corrected chi connectivity index (χ3v) is 6.34. The molecule has 0 saturated heterocycles. The van der Waals surface area contributed by atoms with Crippen molar-refractivity contribution < 1.29 is 27.7 Å². The highest BCUT2D eigenvalue weighted by atomic mass is 35.5. The molecule has 0 fully saturated rings. The van der Waals surface area contributed by atoms with Crippen molar-refractivity contribution in [3.8, 4) is 0 Å². The lowest BCUT2D eigenvalue weighted by molar-refractivity contribution is -0.384. The Balaban J connectivity index is 2.14. The molecule has 0 amide bonds. The Hall–Kier alpha value is -3.11. The van der Waals surface area contributed by atoms with Gasteiger partial charge in [0.15, 0.2) is 0 Å². The number of nitrogens with zero attached hydrogens (tertiary/aromatic N) is 2. The second kappa shape index (κ2) is 7.96. The molecule has 9 nitrogen and oxygen atoms in total. The van der Waals surface area contributed by atoms with E-state index in [1.807, 2.05) is 13.8 Å². The van der Waals surface area contributed by atoms with Gasteiger partial charge in [-0.3, -0.25) is 14.4 Å². The number of fused-ring (bicyclic) bond motifs is 1. The van der Waals surface area contributed by atoms with Gasteiger partial charge >= 0.3 is 5.97 Å². The number of aromatic carboxylic acids is 1. The Kier molecular flexibility index (Phi) is 5.73. The fourth-order valence-corrected chi connectivity index (χ4v) is 4.71. The number of anilines is 1. The third-order valence-electron chi connectivity index (χ3n) is 4.23. The molecule has 3 rings (SSSR count). The number of benzene rings is 2. The summed E-state index contributed by atoms with van der Waals surface area (Å²) in [7, 11) is -4.18. The zero-order valence-electron chi connectivity index (χ0n) is 15.9. The molecular formula is C19H17ClN2O7S. The number of furan rings is 1. The van der Waals surface area contributed by atoms with Gasteiger partial charge in [-0.05, 0) is 42.3 Å². The number of nitro benzene ring substituents is 1. The Bertz CT molecular complexity index is 1250. The van der Waals surface area contributed by atoms with Crippen molar-refractivity contribution in [1.29, 1.82) is 0 Å². The summed E-state index contributed by atoms with van der Waals surface area (Å²) in [6, 6.07) is 9.05. The molecule has 0 saturated carbocycles. The van der Waals surface area contributed by atoms with Crippen LogP contribution in [0.4, 0.5) is 11.4 Å². The molecule has 1 aromatic heterocycles. The molecule has 0 atom stereocenters. The van der Waals surface area contributed by atoms with Crippen LogP contribution in [0.2, 0.25) is 5.02 Å². The summed E-state index contributed by atoms with van der Waals surface area (Å²) in [5.74, 6) is -1.58. The molecule has 0 spiro atoms. The molecule has 30 heavy (non-hydrogen) atoms.